The van der Waals surface area contributed by atoms with Crippen LogP contribution in [0.2, 0.25) is 0 Å². The molecule has 106 valence electrons. The van der Waals surface area contributed by atoms with E-state index in [1.165, 1.54) is 19.3 Å². The third-order valence-electron chi connectivity index (χ3n) is 3.15. The number of carbonyl (C=O) groups excluding carboxylic acids is 1. The fourth-order valence-electron chi connectivity index (χ4n) is 2.43. The van der Waals surface area contributed by atoms with Crippen molar-refractivity contribution >= 4 is 5.97 Å². The van der Waals surface area contributed by atoms with Crippen LogP contribution in [0.5, 0.6) is 0 Å². The molecule has 1 atom stereocenters. The average molecular weight is 256 g/mol. The number of nitrogens with one attached hydrogen (secondary N) is 1. The minimum atomic E-state index is -0.103. The summed E-state index contributed by atoms with van der Waals surface area (Å²) in [5.41, 5.74) is 0. The molecule has 1 aliphatic heterocycles. The molecule has 1 unspecified atom stereocenters. The largest absolute Gasteiger partial charge is 0.462 e. The van der Waals surface area contributed by atoms with Crippen molar-refractivity contribution in [2.75, 3.05) is 26.2 Å². The predicted octanol–water partition coefficient (Wildman–Crippen LogP) is 1.79. The maximum atomic E-state index is 11.7. The summed E-state index contributed by atoms with van der Waals surface area (Å²) in [6, 6.07) is 0.539. The summed E-state index contributed by atoms with van der Waals surface area (Å²) in [6.45, 7) is 9.39. The van der Waals surface area contributed by atoms with Crippen molar-refractivity contribution in [1.82, 2.24) is 10.2 Å². The monoisotopic (exact) mass is 256 g/mol. The first-order valence-electron chi connectivity index (χ1n) is 7.27. The van der Waals surface area contributed by atoms with Gasteiger partial charge in [0.05, 0.1) is 12.6 Å². The van der Waals surface area contributed by atoms with Gasteiger partial charge < -0.3 is 10.1 Å². The minimum absolute atomic E-state index is 0.0196. The Kier molecular flexibility index (Phi) is 7.28. The first-order chi connectivity index (χ1) is 8.61. The highest BCUT2D eigenvalue weighted by atomic mass is 16.5. The number of esters is 1. The summed E-state index contributed by atoms with van der Waals surface area (Å²) in [4.78, 5) is 13.9. The van der Waals surface area contributed by atoms with Crippen LogP contribution in [-0.4, -0.2) is 49.2 Å². The van der Waals surface area contributed by atoms with Crippen LogP contribution in [-0.2, 0) is 9.53 Å². The third-order valence-corrected chi connectivity index (χ3v) is 3.15. The SMILES string of the molecule is CCCN(CC(=O)OC(C)C)CC1CCCCN1. The van der Waals surface area contributed by atoms with Gasteiger partial charge in [0.15, 0.2) is 0 Å². The van der Waals surface area contributed by atoms with Crippen LogP contribution in [0, 0.1) is 0 Å². The number of rotatable bonds is 7. The van der Waals surface area contributed by atoms with Gasteiger partial charge in [-0.1, -0.05) is 13.3 Å². The van der Waals surface area contributed by atoms with Crippen molar-refractivity contribution in [2.45, 2.75) is 58.6 Å². The number of carbonyl (C=O) groups is 1. The Morgan fingerprint density at radius 1 is 1.44 bits per heavy atom. The van der Waals surface area contributed by atoms with E-state index in [1.54, 1.807) is 0 Å². The maximum absolute atomic E-state index is 11.7. The lowest BCUT2D eigenvalue weighted by atomic mass is 10.0. The van der Waals surface area contributed by atoms with Crippen molar-refractivity contribution < 1.29 is 9.53 Å². The van der Waals surface area contributed by atoms with Crippen LogP contribution >= 0.6 is 0 Å². The van der Waals surface area contributed by atoms with Gasteiger partial charge in [0, 0.05) is 12.6 Å². The molecule has 0 aromatic carbocycles. The zero-order chi connectivity index (χ0) is 13.4. The molecule has 0 amide bonds. The summed E-state index contributed by atoms with van der Waals surface area (Å²) in [7, 11) is 0. The van der Waals surface area contributed by atoms with Gasteiger partial charge in [-0.25, -0.2) is 0 Å². The van der Waals surface area contributed by atoms with Gasteiger partial charge in [-0.3, -0.25) is 9.69 Å². The molecular formula is C14H28N2O2. The van der Waals surface area contributed by atoms with Crippen molar-refractivity contribution in [3.8, 4) is 0 Å². The molecule has 4 nitrogen and oxygen atoms in total. The van der Waals surface area contributed by atoms with Crippen LogP contribution < -0.4 is 5.32 Å². The summed E-state index contributed by atoms with van der Waals surface area (Å²) in [5, 5.41) is 3.53. The molecule has 1 fully saturated rings. The van der Waals surface area contributed by atoms with Gasteiger partial charge in [-0.2, -0.15) is 0 Å². The molecule has 18 heavy (non-hydrogen) atoms. The second kappa shape index (κ2) is 8.48. The Hall–Kier alpha value is -0.610. The van der Waals surface area contributed by atoms with E-state index in [9.17, 15) is 4.79 Å². The van der Waals surface area contributed by atoms with Crippen LogP contribution in [0.1, 0.15) is 46.5 Å². The zero-order valence-corrected chi connectivity index (χ0v) is 12.1. The summed E-state index contributed by atoms with van der Waals surface area (Å²) < 4.78 is 5.22. The van der Waals surface area contributed by atoms with Crippen molar-refractivity contribution in [1.29, 1.82) is 0 Å². The zero-order valence-electron chi connectivity index (χ0n) is 12.1. The average Bonchev–Trinajstić information content (AvgIpc) is 2.29. The molecular weight excluding hydrogens is 228 g/mol. The molecule has 0 radical (unpaired) electrons. The Balaban J connectivity index is 2.35. The second-order valence-electron chi connectivity index (χ2n) is 5.42. The second-order valence-corrected chi connectivity index (χ2v) is 5.42. The number of ether oxygens (including phenoxy) is 1. The quantitative estimate of drug-likeness (QED) is 0.705. The van der Waals surface area contributed by atoms with E-state index in [0.717, 1.165) is 26.1 Å². The molecule has 0 aliphatic carbocycles. The van der Waals surface area contributed by atoms with Gasteiger partial charge >= 0.3 is 5.97 Å². The van der Waals surface area contributed by atoms with Crippen LogP contribution in [0.3, 0.4) is 0 Å². The molecule has 0 spiro atoms. The molecule has 1 saturated heterocycles. The number of nitrogens with zero attached hydrogens (tertiary/aromatic N) is 1. The summed E-state index contributed by atoms with van der Waals surface area (Å²) in [5.74, 6) is -0.103. The van der Waals surface area contributed by atoms with Crippen LogP contribution in [0.25, 0.3) is 0 Å². The van der Waals surface area contributed by atoms with Crippen molar-refractivity contribution in [3.63, 3.8) is 0 Å². The molecule has 4 heteroatoms. The lowest BCUT2D eigenvalue weighted by Crippen LogP contribution is -2.45. The Morgan fingerprint density at radius 2 is 2.22 bits per heavy atom. The van der Waals surface area contributed by atoms with E-state index < -0.39 is 0 Å². The van der Waals surface area contributed by atoms with Gasteiger partial charge in [-0.05, 0) is 46.2 Å². The topological polar surface area (TPSA) is 41.6 Å². The Morgan fingerprint density at radius 3 is 2.78 bits per heavy atom. The lowest BCUT2D eigenvalue weighted by molar-refractivity contribution is -0.148. The number of piperidine rings is 1. The lowest BCUT2D eigenvalue weighted by Gasteiger charge is -2.30. The molecule has 0 bridgehead atoms. The number of hydrogen-bond donors (Lipinski definition) is 1. The fraction of sp³-hybridized carbons (Fsp3) is 0.929. The normalized spacial score (nSPS) is 20.4. The highest BCUT2D eigenvalue weighted by molar-refractivity contribution is 5.71. The molecule has 1 N–H and O–H groups in total. The van der Waals surface area contributed by atoms with Gasteiger partial charge in [-0.15, -0.1) is 0 Å². The molecule has 0 aromatic rings. The van der Waals surface area contributed by atoms with E-state index in [0.29, 0.717) is 12.6 Å². The van der Waals surface area contributed by atoms with E-state index in [1.807, 2.05) is 13.8 Å². The predicted molar refractivity (Wildman–Crippen MR) is 73.6 cm³/mol. The Bertz CT molecular complexity index is 238. The molecule has 1 aliphatic rings. The molecule has 0 aromatic heterocycles. The molecule has 0 saturated carbocycles. The third kappa shape index (κ3) is 6.36. The first kappa shape index (κ1) is 15.4. The van der Waals surface area contributed by atoms with Crippen molar-refractivity contribution in [3.05, 3.63) is 0 Å². The van der Waals surface area contributed by atoms with Crippen LogP contribution in [0.4, 0.5) is 0 Å². The minimum Gasteiger partial charge on any atom is -0.462 e. The fourth-order valence-corrected chi connectivity index (χ4v) is 2.43. The maximum Gasteiger partial charge on any atom is 0.320 e. The Labute approximate surface area is 111 Å². The summed E-state index contributed by atoms with van der Waals surface area (Å²) >= 11 is 0. The van der Waals surface area contributed by atoms with Crippen molar-refractivity contribution in [2.24, 2.45) is 0 Å². The first-order valence-corrected chi connectivity index (χ1v) is 7.27. The van der Waals surface area contributed by atoms with Crippen LogP contribution in [0.15, 0.2) is 0 Å². The smallest absolute Gasteiger partial charge is 0.320 e. The summed E-state index contributed by atoms with van der Waals surface area (Å²) in [6.07, 6.45) is 4.85. The van der Waals surface area contributed by atoms with E-state index in [2.05, 4.69) is 17.1 Å². The van der Waals surface area contributed by atoms with Gasteiger partial charge in [0.2, 0.25) is 0 Å². The van der Waals surface area contributed by atoms with Gasteiger partial charge in [0.1, 0.15) is 0 Å². The highest BCUT2D eigenvalue weighted by Crippen LogP contribution is 2.09. The van der Waals surface area contributed by atoms with E-state index >= 15 is 0 Å². The molecule has 1 heterocycles. The van der Waals surface area contributed by atoms with Gasteiger partial charge in [0.25, 0.3) is 0 Å². The number of hydrogen-bond acceptors (Lipinski definition) is 4. The highest BCUT2D eigenvalue weighted by Gasteiger charge is 2.18. The standard InChI is InChI=1S/C14H28N2O2/c1-4-9-16(11-14(17)18-12(2)3)10-13-7-5-6-8-15-13/h12-13,15H,4-11H2,1-3H3. The van der Waals surface area contributed by atoms with E-state index in [4.69, 9.17) is 4.74 Å². The molecule has 1 rings (SSSR count). The van der Waals surface area contributed by atoms with E-state index in [-0.39, 0.29) is 12.1 Å².